The van der Waals surface area contributed by atoms with Crippen molar-refractivity contribution in [2.24, 2.45) is 11.1 Å². The molecule has 1 atom stereocenters. The van der Waals surface area contributed by atoms with Gasteiger partial charge in [0.1, 0.15) is 0 Å². The van der Waals surface area contributed by atoms with Crippen LogP contribution in [-0.4, -0.2) is 4.92 Å². The average Bonchev–Trinajstić information content (AvgIpc) is 2.15. The van der Waals surface area contributed by atoms with Crippen molar-refractivity contribution < 1.29 is 4.92 Å². The first-order chi connectivity index (χ1) is 7.23. The van der Waals surface area contributed by atoms with Crippen molar-refractivity contribution in [1.82, 2.24) is 0 Å². The van der Waals surface area contributed by atoms with Crippen LogP contribution in [0, 0.1) is 22.5 Å². The first-order valence-electron chi connectivity index (χ1n) is 5.24. The number of rotatable bonds is 2. The summed E-state index contributed by atoms with van der Waals surface area (Å²) in [4.78, 5) is 10.4. The Balaban J connectivity index is 3.18. The maximum atomic E-state index is 10.8. The van der Waals surface area contributed by atoms with Gasteiger partial charge < -0.3 is 5.73 Å². The normalized spacial score (nSPS) is 13.6. The van der Waals surface area contributed by atoms with E-state index in [4.69, 9.17) is 5.73 Å². The molecule has 4 nitrogen and oxygen atoms in total. The van der Waals surface area contributed by atoms with Gasteiger partial charge in [0.2, 0.25) is 0 Å². The molecule has 0 unspecified atom stereocenters. The van der Waals surface area contributed by atoms with Crippen LogP contribution in [0.1, 0.15) is 37.9 Å². The summed E-state index contributed by atoms with van der Waals surface area (Å²) in [6.45, 7) is 7.78. The summed E-state index contributed by atoms with van der Waals surface area (Å²) in [5.41, 5.74) is 7.57. The molecule has 16 heavy (non-hydrogen) atoms. The molecule has 0 fully saturated rings. The van der Waals surface area contributed by atoms with Gasteiger partial charge in [-0.2, -0.15) is 0 Å². The molecule has 0 saturated carbocycles. The van der Waals surface area contributed by atoms with Crippen molar-refractivity contribution in [2.75, 3.05) is 0 Å². The largest absolute Gasteiger partial charge is 0.324 e. The minimum atomic E-state index is -0.367. The summed E-state index contributed by atoms with van der Waals surface area (Å²) in [7, 11) is 0. The molecular formula is C12H18N2O2. The van der Waals surface area contributed by atoms with E-state index in [9.17, 15) is 10.1 Å². The lowest BCUT2D eigenvalue weighted by Crippen LogP contribution is -2.26. The van der Waals surface area contributed by atoms with Gasteiger partial charge in [0.15, 0.2) is 0 Å². The Morgan fingerprint density at radius 1 is 1.38 bits per heavy atom. The van der Waals surface area contributed by atoms with Gasteiger partial charge in [-0.3, -0.25) is 10.1 Å². The predicted molar refractivity (Wildman–Crippen MR) is 64.2 cm³/mol. The number of hydrogen-bond donors (Lipinski definition) is 1. The molecule has 0 aromatic heterocycles. The van der Waals surface area contributed by atoms with Gasteiger partial charge in [-0.25, -0.2) is 0 Å². The van der Waals surface area contributed by atoms with E-state index < -0.39 is 0 Å². The smallest absolute Gasteiger partial charge is 0.272 e. The molecule has 0 aliphatic heterocycles. The number of nitro groups is 1. The topological polar surface area (TPSA) is 69.2 Å². The van der Waals surface area contributed by atoms with Crippen molar-refractivity contribution in [3.05, 3.63) is 39.4 Å². The van der Waals surface area contributed by atoms with Crippen molar-refractivity contribution in [3.63, 3.8) is 0 Å². The van der Waals surface area contributed by atoms with Crippen molar-refractivity contribution in [2.45, 2.75) is 33.7 Å². The van der Waals surface area contributed by atoms with Crippen LogP contribution in [0.3, 0.4) is 0 Å². The number of benzene rings is 1. The average molecular weight is 222 g/mol. The van der Waals surface area contributed by atoms with Gasteiger partial charge in [-0.05, 0) is 17.9 Å². The summed E-state index contributed by atoms with van der Waals surface area (Å²) in [6.07, 6.45) is 0. The van der Waals surface area contributed by atoms with E-state index in [0.717, 1.165) is 5.56 Å². The Labute approximate surface area is 95.6 Å². The molecule has 0 bridgehead atoms. The highest BCUT2D eigenvalue weighted by molar-refractivity contribution is 5.43. The van der Waals surface area contributed by atoms with Gasteiger partial charge >= 0.3 is 0 Å². The van der Waals surface area contributed by atoms with Gasteiger partial charge in [-0.1, -0.05) is 32.9 Å². The number of nitrogens with two attached hydrogens (primary N) is 1. The summed E-state index contributed by atoms with van der Waals surface area (Å²) in [6, 6.07) is 4.98. The molecule has 2 N–H and O–H groups in total. The molecule has 0 heterocycles. The first kappa shape index (κ1) is 12.6. The van der Waals surface area contributed by atoms with Crippen LogP contribution >= 0.6 is 0 Å². The number of aryl methyl sites for hydroxylation is 1. The SMILES string of the molecule is Cc1ccc([C@@H](N)C(C)(C)C)cc1[N+](=O)[O-]. The minimum absolute atomic E-state index is 0.108. The fourth-order valence-electron chi connectivity index (χ4n) is 1.52. The lowest BCUT2D eigenvalue weighted by molar-refractivity contribution is -0.385. The van der Waals surface area contributed by atoms with E-state index in [1.54, 1.807) is 19.1 Å². The van der Waals surface area contributed by atoms with Crippen molar-refractivity contribution in [3.8, 4) is 0 Å². The lowest BCUT2D eigenvalue weighted by Gasteiger charge is -2.27. The fraction of sp³-hybridized carbons (Fsp3) is 0.500. The third kappa shape index (κ3) is 2.58. The van der Waals surface area contributed by atoms with E-state index in [-0.39, 0.29) is 22.1 Å². The Hall–Kier alpha value is -1.42. The zero-order valence-corrected chi connectivity index (χ0v) is 10.2. The van der Waals surface area contributed by atoms with Crippen LogP contribution in [0.5, 0.6) is 0 Å². The lowest BCUT2D eigenvalue weighted by atomic mass is 9.83. The Morgan fingerprint density at radius 3 is 2.38 bits per heavy atom. The Bertz CT molecular complexity index is 408. The third-order valence-electron chi connectivity index (χ3n) is 2.72. The second kappa shape index (κ2) is 4.22. The maximum Gasteiger partial charge on any atom is 0.272 e. The van der Waals surface area contributed by atoms with Crippen LogP contribution in [0.25, 0.3) is 0 Å². The van der Waals surface area contributed by atoms with E-state index in [1.165, 1.54) is 0 Å². The van der Waals surface area contributed by atoms with Crippen LogP contribution < -0.4 is 5.73 Å². The minimum Gasteiger partial charge on any atom is -0.324 e. The summed E-state index contributed by atoms with van der Waals surface area (Å²) in [5.74, 6) is 0. The predicted octanol–water partition coefficient (Wildman–Crippen LogP) is 2.95. The Kier molecular flexibility index (Phi) is 3.33. The van der Waals surface area contributed by atoms with Crippen LogP contribution in [0.4, 0.5) is 5.69 Å². The molecule has 1 aromatic carbocycles. The summed E-state index contributed by atoms with van der Waals surface area (Å²) in [5, 5.41) is 10.8. The maximum absolute atomic E-state index is 10.8. The molecule has 1 aromatic rings. The number of nitro benzene ring substituents is 1. The summed E-state index contributed by atoms with van der Waals surface area (Å²) < 4.78 is 0. The first-order valence-corrected chi connectivity index (χ1v) is 5.24. The summed E-state index contributed by atoms with van der Waals surface area (Å²) >= 11 is 0. The van der Waals surface area contributed by atoms with Crippen molar-refractivity contribution in [1.29, 1.82) is 0 Å². The van der Waals surface area contributed by atoms with Crippen LogP contribution in [0.15, 0.2) is 18.2 Å². The molecule has 88 valence electrons. The van der Waals surface area contributed by atoms with Gasteiger partial charge in [0.05, 0.1) is 4.92 Å². The molecule has 0 aliphatic rings. The van der Waals surface area contributed by atoms with Gasteiger partial charge in [-0.15, -0.1) is 0 Å². The van der Waals surface area contributed by atoms with Crippen LogP contribution in [-0.2, 0) is 0 Å². The highest BCUT2D eigenvalue weighted by atomic mass is 16.6. The zero-order chi connectivity index (χ0) is 12.5. The molecule has 0 spiro atoms. The zero-order valence-electron chi connectivity index (χ0n) is 10.2. The highest BCUT2D eigenvalue weighted by Crippen LogP contribution is 2.32. The van der Waals surface area contributed by atoms with Gasteiger partial charge in [0, 0.05) is 17.7 Å². The highest BCUT2D eigenvalue weighted by Gasteiger charge is 2.24. The van der Waals surface area contributed by atoms with E-state index in [2.05, 4.69) is 0 Å². The second-order valence-corrected chi connectivity index (χ2v) is 5.15. The second-order valence-electron chi connectivity index (χ2n) is 5.15. The third-order valence-corrected chi connectivity index (χ3v) is 2.72. The molecule has 0 aliphatic carbocycles. The molecule has 0 radical (unpaired) electrons. The monoisotopic (exact) mass is 222 g/mol. The quantitative estimate of drug-likeness (QED) is 0.617. The van der Waals surface area contributed by atoms with Crippen molar-refractivity contribution >= 4 is 5.69 Å². The van der Waals surface area contributed by atoms with E-state index in [1.807, 2.05) is 26.8 Å². The van der Waals surface area contributed by atoms with E-state index in [0.29, 0.717) is 5.56 Å². The van der Waals surface area contributed by atoms with Gasteiger partial charge in [0.25, 0.3) is 5.69 Å². The number of hydrogen-bond acceptors (Lipinski definition) is 3. The Morgan fingerprint density at radius 2 is 1.94 bits per heavy atom. The van der Waals surface area contributed by atoms with E-state index >= 15 is 0 Å². The fourth-order valence-corrected chi connectivity index (χ4v) is 1.52. The molecule has 1 rings (SSSR count). The number of nitrogens with zero attached hydrogens (tertiary/aromatic N) is 1. The standard InChI is InChI=1S/C12H18N2O2/c1-8-5-6-9(7-10(8)14(15)16)11(13)12(2,3)4/h5-7,11H,13H2,1-4H3/t11-/m1/s1. The van der Waals surface area contributed by atoms with Crippen LogP contribution in [0.2, 0.25) is 0 Å². The molecule has 0 amide bonds. The molecular weight excluding hydrogens is 204 g/mol. The molecule has 0 saturated heterocycles. The molecule has 4 heteroatoms.